The van der Waals surface area contributed by atoms with E-state index in [9.17, 15) is 5.11 Å². The molecule has 106 valence electrons. The summed E-state index contributed by atoms with van der Waals surface area (Å²) in [4.78, 5) is 8.96. The minimum Gasteiger partial charge on any atom is -0.393 e. The number of rotatable bonds is 6. The minimum absolute atomic E-state index is 0.110. The second-order valence-corrected chi connectivity index (χ2v) is 5.27. The van der Waals surface area contributed by atoms with Crippen LogP contribution in [0.3, 0.4) is 0 Å². The largest absolute Gasteiger partial charge is 0.393 e. The molecule has 0 saturated heterocycles. The molecular formula is C14H24N4O. The zero-order chi connectivity index (χ0) is 13.7. The van der Waals surface area contributed by atoms with Crippen LogP contribution in [0.5, 0.6) is 0 Å². The van der Waals surface area contributed by atoms with Gasteiger partial charge in [-0.05, 0) is 31.6 Å². The van der Waals surface area contributed by atoms with Gasteiger partial charge in [0, 0.05) is 26.1 Å². The number of hydrogen-bond donors (Lipinski definition) is 3. The summed E-state index contributed by atoms with van der Waals surface area (Å²) in [6.45, 7) is 3.01. The molecule has 2 rings (SSSR count). The van der Waals surface area contributed by atoms with Gasteiger partial charge in [-0.3, -0.25) is 0 Å². The molecular weight excluding hydrogens is 240 g/mol. The molecule has 0 amide bonds. The molecule has 1 aliphatic carbocycles. The van der Waals surface area contributed by atoms with Gasteiger partial charge in [-0.15, -0.1) is 0 Å². The Bertz CT molecular complexity index is 410. The molecule has 1 aromatic heterocycles. The molecule has 2 atom stereocenters. The van der Waals surface area contributed by atoms with Crippen LogP contribution in [0.2, 0.25) is 0 Å². The Labute approximate surface area is 114 Å². The van der Waals surface area contributed by atoms with Crippen LogP contribution in [-0.2, 0) is 6.42 Å². The minimum atomic E-state index is -0.110. The van der Waals surface area contributed by atoms with Gasteiger partial charge in [0.1, 0.15) is 17.5 Å². The molecule has 2 unspecified atom stereocenters. The van der Waals surface area contributed by atoms with Crippen molar-refractivity contribution >= 4 is 11.6 Å². The van der Waals surface area contributed by atoms with Crippen molar-refractivity contribution in [3.63, 3.8) is 0 Å². The highest BCUT2D eigenvalue weighted by molar-refractivity contribution is 5.47. The van der Waals surface area contributed by atoms with Crippen molar-refractivity contribution in [1.29, 1.82) is 0 Å². The summed E-state index contributed by atoms with van der Waals surface area (Å²) < 4.78 is 0. The zero-order valence-electron chi connectivity index (χ0n) is 11.8. The van der Waals surface area contributed by atoms with Crippen LogP contribution < -0.4 is 10.6 Å². The maximum atomic E-state index is 9.53. The summed E-state index contributed by atoms with van der Waals surface area (Å²) >= 11 is 0. The predicted octanol–water partition coefficient (Wildman–Crippen LogP) is 2.04. The number of aromatic nitrogens is 2. The lowest BCUT2D eigenvalue weighted by Crippen LogP contribution is -2.14. The van der Waals surface area contributed by atoms with Gasteiger partial charge in [0.15, 0.2) is 0 Å². The van der Waals surface area contributed by atoms with Crippen molar-refractivity contribution in [2.45, 2.75) is 45.1 Å². The fraction of sp³-hybridized carbons (Fsp3) is 0.714. The van der Waals surface area contributed by atoms with E-state index in [-0.39, 0.29) is 6.10 Å². The normalized spacial score (nSPS) is 22.5. The molecule has 0 spiro atoms. The molecule has 0 aromatic carbocycles. The average Bonchev–Trinajstić information content (AvgIpc) is 2.82. The Morgan fingerprint density at radius 2 is 2.11 bits per heavy atom. The molecule has 1 saturated carbocycles. The SMILES string of the molecule is CCCc1nc(NC)cc(NCC2CCC(O)C2)n1. The van der Waals surface area contributed by atoms with E-state index in [2.05, 4.69) is 27.5 Å². The second-order valence-electron chi connectivity index (χ2n) is 5.27. The number of aliphatic hydroxyl groups is 1. The third kappa shape index (κ3) is 4.06. The number of aliphatic hydroxyl groups excluding tert-OH is 1. The first-order valence-electron chi connectivity index (χ1n) is 7.19. The van der Waals surface area contributed by atoms with Gasteiger partial charge >= 0.3 is 0 Å². The van der Waals surface area contributed by atoms with E-state index >= 15 is 0 Å². The van der Waals surface area contributed by atoms with Gasteiger partial charge in [0.2, 0.25) is 0 Å². The first kappa shape index (κ1) is 14.1. The highest BCUT2D eigenvalue weighted by Crippen LogP contribution is 2.25. The fourth-order valence-electron chi connectivity index (χ4n) is 2.53. The molecule has 5 nitrogen and oxygen atoms in total. The Morgan fingerprint density at radius 1 is 1.32 bits per heavy atom. The Morgan fingerprint density at radius 3 is 2.74 bits per heavy atom. The highest BCUT2D eigenvalue weighted by atomic mass is 16.3. The number of nitrogens with one attached hydrogen (secondary N) is 2. The number of nitrogens with zero attached hydrogens (tertiary/aromatic N) is 2. The topological polar surface area (TPSA) is 70.1 Å². The summed E-state index contributed by atoms with van der Waals surface area (Å²) in [7, 11) is 1.87. The summed E-state index contributed by atoms with van der Waals surface area (Å²) in [5.74, 6) is 3.16. The molecule has 0 radical (unpaired) electrons. The summed E-state index contributed by atoms with van der Waals surface area (Å²) in [6, 6.07) is 1.94. The van der Waals surface area contributed by atoms with Crippen LogP contribution in [0, 0.1) is 5.92 Å². The van der Waals surface area contributed by atoms with E-state index in [4.69, 9.17) is 0 Å². The molecule has 1 aliphatic rings. The second kappa shape index (κ2) is 6.70. The number of anilines is 2. The molecule has 3 N–H and O–H groups in total. The van der Waals surface area contributed by atoms with E-state index in [1.54, 1.807) is 0 Å². The lowest BCUT2D eigenvalue weighted by Gasteiger charge is -2.13. The molecule has 1 fully saturated rings. The molecule has 1 heterocycles. The first-order chi connectivity index (χ1) is 9.21. The molecule has 1 aromatic rings. The van der Waals surface area contributed by atoms with Gasteiger partial charge in [-0.1, -0.05) is 6.92 Å². The van der Waals surface area contributed by atoms with Crippen LogP contribution in [0.15, 0.2) is 6.07 Å². The quantitative estimate of drug-likeness (QED) is 0.733. The van der Waals surface area contributed by atoms with Gasteiger partial charge in [-0.25, -0.2) is 9.97 Å². The number of hydrogen-bond acceptors (Lipinski definition) is 5. The van der Waals surface area contributed by atoms with Crippen molar-refractivity contribution in [3.8, 4) is 0 Å². The third-order valence-electron chi connectivity index (χ3n) is 3.59. The first-order valence-corrected chi connectivity index (χ1v) is 7.19. The maximum Gasteiger partial charge on any atom is 0.133 e. The predicted molar refractivity (Wildman–Crippen MR) is 77.4 cm³/mol. The van der Waals surface area contributed by atoms with Crippen molar-refractivity contribution in [2.75, 3.05) is 24.2 Å². The van der Waals surface area contributed by atoms with E-state index in [0.717, 1.165) is 56.1 Å². The van der Waals surface area contributed by atoms with Crippen molar-refractivity contribution in [2.24, 2.45) is 5.92 Å². The van der Waals surface area contributed by atoms with Crippen LogP contribution >= 0.6 is 0 Å². The monoisotopic (exact) mass is 264 g/mol. The van der Waals surface area contributed by atoms with E-state index < -0.39 is 0 Å². The maximum absolute atomic E-state index is 9.53. The Hall–Kier alpha value is -1.36. The van der Waals surface area contributed by atoms with E-state index in [1.807, 2.05) is 13.1 Å². The molecule has 5 heteroatoms. The van der Waals surface area contributed by atoms with E-state index in [1.165, 1.54) is 0 Å². The van der Waals surface area contributed by atoms with Gasteiger partial charge in [-0.2, -0.15) is 0 Å². The van der Waals surface area contributed by atoms with Gasteiger partial charge in [0.05, 0.1) is 6.10 Å². The Kier molecular flexibility index (Phi) is 4.96. The lowest BCUT2D eigenvalue weighted by molar-refractivity contribution is 0.178. The van der Waals surface area contributed by atoms with E-state index in [0.29, 0.717) is 5.92 Å². The van der Waals surface area contributed by atoms with Crippen LogP contribution in [-0.4, -0.2) is 34.8 Å². The van der Waals surface area contributed by atoms with Gasteiger partial charge in [0.25, 0.3) is 0 Å². The lowest BCUT2D eigenvalue weighted by atomic mass is 10.1. The molecule has 19 heavy (non-hydrogen) atoms. The highest BCUT2D eigenvalue weighted by Gasteiger charge is 2.22. The molecule has 0 aliphatic heterocycles. The van der Waals surface area contributed by atoms with Crippen LogP contribution in [0.4, 0.5) is 11.6 Å². The van der Waals surface area contributed by atoms with Crippen LogP contribution in [0.25, 0.3) is 0 Å². The van der Waals surface area contributed by atoms with Gasteiger partial charge < -0.3 is 15.7 Å². The average molecular weight is 264 g/mol. The third-order valence-corrected chi connectivity index (χ3v) is 3.59. The van der Waals surface area contributed by atoms with Crippen molar-refractivity contribution < 1.29 is 5.11 Å². The van der Waals surface area contributed by atoms with Crippen LogP contribution in [0.1, 0.15) is 38.4 Å². The molecule has 0 bridgehead atoms. The van der Waals surface area contributed by atoms with Crippen molar-refractivity contribution in [1.82, 2.24) is 9.97 Å². The summed E-state index contributed by atoms with van der Waals surface area (Å²) in [5.41, 5.74) is 0. The number of aryl methyl sites for hydroxylation is 1. The fourth-order valence-corrected chi connectivity index (χ4v) is 2.53. The van der Waals surface area contributed by atoms with Crippen molar-refractivity contribution in [3.05, 3.63) is 11.9 Å². The standard InChI is InChI=1S/C14H24N4O/c1-3-4-12-17-13(15-2)8-14(18-12)16-9-10-5-6-11(19)7-10/h8,10-11,19H,3-7,9H2,1-2H3,(H2,15,16,17,18). The smallest absolute Gasteiger partial charge is 0.133 e. The zero-order valence-corrected chi connectivity index (χ0v) is 11.8. The Balaban J connectivity index is 1.96. The summed E-state index contributed by atoms with van der Waals surface area (Å²) in [6.07, 6.45) is 4.76. The summed E-state index contributed by atoms with van der Waals surface area (Å²) in [5, 5.41) is 16.0.